The van der Waals surface area contributed by atoms with Crippen LogP contribution in [0.4, 0.5) is 5.69 Å². The molecule has 1 fully saturated rings. The predicted octanol–water partition coefficient (Wildman–Crippen LogP) is 2.39. The Kier molecular flexibility index (Phi) is 3.08. The minimum absolute atomic E-state index is 0.804. The predicted molar refractivity (Wildman–Crippen MR) is 63.7 cm³/mol. The third kappa shape index (κ3) is 2.28. The average molecular weight is 255 g/mol. The van der Waals surface area contributed by atoms with Gasteiger partial charge in [-0.2, -0.15) is 0 Å². The van der Waals surface area contributed by atoms with Crippen molar-refractivity contribution in [1.82, 2.24) is 5.32 Å². The molecule has 0 unspecified atom stereocenters. The lowest BCUT2D eigenvalue weighted by Crippen LogP contribution is -2.45. The number of hydrogen-bond acceptors (Lipinski definition) is 2. The first-order valence-corrected chi connectivity index (χ1v) is 5.76. The van der Waals surface area contributed by atoms with Crippen LogP contribution in [0.2, 0.25) is 0 Å². The number of aryl methyl sites for hydroxylation is 1. The molecular formula is C11H15BrN2. The van der Waals surface area contributed by atoms with Crippen LogP contribution in [0.5, 0.6) is 0 Å². The molecule has 0 saturated carbocycles. The maximum atomic E-state index is 3.48. The van der Waals surface area contributed by atoms with Crippen molar-refractivity contribution in [3.05, 3.63) is 28.2 Å². The molecule has 1 aliphatic rings. The molecule has 1 aliphatic heterocycles. The summed E-state index contributed by atoms with van der Waals surface area (Å²) in [6.07, 6.45) is 0. The summed E-state index contributed by atoms with van der Waals surface area (Å²) in [7, 11) is 0. The van der Waals surface area contributed by atoms with Crippen LogP contribution >= 0.6 is 15.9 Å². The Morgan fingerprint density at radius 1 is 1.50 bits per heavy atom. The molecule has 1 heterocycles. The summed E-state index contributed by atoms with van der Waals surface area (Å²) in [4.78, 5) is 0. The molecule has 0 bridgehead atoms. The summed E-state index contributed by atoms with van der Waals surface area (Å²) in [5.41, 5.74) is 2.55. The van der Waals surface area contributed by atoms with Crippen LogP contribution < -0.4 is 10.6 Å². The Bertz CT molecular complexity index is 321. The van der Waals surface area contributed by atoms with Crippen LogP contribution in [-0.2, 0) is 0 Å². The smallest absolute Gasteiger partial charge is 0.0370 e. The Labute approximate surface area is 93.2 Å². The van der Waals surface area contributed by atoms with E-state index in [4.69, 9.17) is 0 Å². The van der Waals surface area contributed by atoms with E-state index in [2.05, 4.69) is 51.7 Å². The van der Waals surface area contributed by atoms with Gasteiger partial charge in [-0.1, -0.05) is 15.9 Å². The second-order valence-electron chi connectivity index (χ2n) is 3.86. The first kappa shape index (κ1) is 9.99. The maximum Gasteiger partial charge on any atom is 0.0370 e. The summed E-state index contributed by atoms with van der Waals surface area (Å²) < 4.78 is 1.14. The van der Waals surface area contributed by atoms with Crippen LogP contribution in [-0.4, -0.2) is 19.6 Å². The normalized spacial score (nSPS) is 16.4. The van der Waals surface area contributed by atoms with Gasteiger partial charge in [0, 0.05) is 35.7 Å². The van der Waals surface area contributed by atoms with Gasteiger partial charge in [0.2, 0.25) is 0 Å². The Hall–Kier alpha value is -0.540. The van der Waals surface area contributed by atoms with Crippen LogP contribution in [0.25, 0.3) is 0 Å². The highest BCUT2D eigenvalue weighted by molar-refractivity contribution is 9.10. The highest BCUT2D eigenvalue weighted by Crippen LogP contribution is 2.20. The molecule has 14 heavy (non-hydrogen) atoms. The van der Waals surface area contributed by atoms with Gasteiger partial charge in [-0.15, -0.1) is 0 Å². The topological polar surface area (TPSA) is 24.1 Å². The Morgan fingerprint density at radius 3 is 2.86 bits per heavy atom. The van der Waals surface area contributed by atoms with E-state index in [9.17, 15) is 0 Å². The zero-order chi connectivity index (χ0) is 9.97. The fraction of sp³-hybridized carbons (Fsp3) is 0.455. The van der Waals surface area contributed by atoms with Gasteiger partial charge >= 0.3 is 0 Å². The van der Waals surface area contributed by atoms with E-state index in [1.165, 1.54) is 11.3 Å². The highest BCUT2D eigenvalue weighted by Gasteiger charge is 2.15. The summed E-state index contributed by atoms with van der Waals surface area (Å²) >= 11 is 3.46. The molecule has 2 rings (SSSR count). The average Bonchev–Trinajstić information content (AvgIpc) is 2.05. The fourth-order valence-electron chi connectivity index (χ4n) is 1.57. The highest BCUT2D eigenvalue weighted by atomic mass is 79.9. The van der Waals surface area contributed by atoms with Crippen LogP contribution in [0.3, 0.4) is 0 Å². The second-order valence-corrected chi connectivity index (χ2v) is 4.78. The van der Waals surface area contributed by atoms with Gasteiger partial charge in [-0.3, -0.25) is 0 Å². The maximum absolute atomic E-state index is 3.48. The molecule has 0 aliphatic carbocycles. The molecule has 2 N–H and O–H groups in total. The number of benzene rings is 1. The van der Waals surface area contributed by atoms with Crippen molar-refractivity contribution in [3.8, 4) is 0 Å². The lowest BCUT2D eigenvalue weighted by atomic mass is 10.0. The molecule has 2 nitrogen and oxygen atoms in total. The van der Waals surface area contributed by atoms with E-state index in [0.29, 0.717) is 0 Å². The van der Waals surface area contributed by atoms with Crippen LogP contribution in [0.15, 0.2) is 22.7 Å². The first-order chi connectivity index (χ1) is 6.75. The zero-order valence-electron chi connectivity index (χ0n) is 8.31. The third-order valence-electron chi connectivity index (χ3n) is 2.64. The van der Waals surface area contributed by atoms with Gasteiger partial charge in [0.25, 0.3) is 0 Å². The van der Waals surface area contributed by atoms with Gasteiger partial charge in [0.05, 0.1) is 0 Å². The summed E-state index contributed by atoms with van der Waals surface area (Å²) in [5.74, 6) is 0.804. The molecule has 0 atom stereocenters. The van der Waals surface area contributed by atoms with Gasteiger partial charge in [0.1, 0.15) is 0 Å². The van der Waals surface area contributed by atoms with Crippen molar-refractivity contribution in [2.45, 2.75) is 6.92 Å². The Morgan fingerprint density at radius 2 is 2.29 bits per heavy atom. The van der Waals surface area contributed by atoms with Gasteiger partial charge in [-0.25, -0.2) is 0 Å². The van der Waals surface area contributed by atoms with Crippen molar-refractivity contribution in [3.63, 3.8) is 0 Å². The molecule has 0 spiro atoms. The van der Waals surface area contributed by atoms with Crippen molar-refractivity contribution >= 4 is 21.6 Å². The lowest BCUT2D eigenvalue weighted by molar-refractivity contribution is 0.365. The minimum Gasteiger partial charge on any atom is -0.384 e. The summed E-state index contributed by atoms with van der Waals surface area (Å²) in [5, 5.41) is 6.75. The van der Waals surface area contributed by atoms with Crippen LogP contribution in [0, 0.1) is 12.8 Å². The molecule has 0 aromatic heterocycles. The second kappa shape index (κ2) is 4.32. The number of anilines is 1. The van der Waals surface area contributed by atoms with Crippen molar-refractivity contribution < 1.29 is 0 Å². The largest absolute Gasteiger partial charge is 0.384 e. The molecule has 0 radical (unpaired) electrons. The summed E-state index contributed by atoms with van der Waals surface area (Å²) in [6.45, 7) is 5.52. The van der Waals surface area contributed by atoms with Gasteiger partial charge in [0.15, 0.2) is 0 Å². The molecule has 0 amide bonds. The van der Waals surface area contributed by atoms with Crippen LogP contribution in [0.1, 0.15) is 5.56 Å². The van der Waals surface area contributed by atoms with E-state index < -0.39 is 0 Å². The monoisotopic (exact) mass is 254 g/mol. The summed E-state index contributed by atoms with van der Waals surface area (Å²) in [6, 6.07) is 6.35. The first-order valence-electron chi connectivity index (χ1n) is 4.96. The number of halogens is 1. The molecular weight excluding hydrogens is 240 g/mol. The minimum atomic E-state index is 0.804. The number of hydrogen-bond donors (Lipinski definition) is 2. The number of nitrogens with one attached hydrogen (secondary N) is 2. The standard InChI is InChI=1S/C11H15BrN2/c1-8-4-10(12)2-3-11(8)14-7-9-5-13-6-9/h2-4,9,13-14H,5-7H2,1H3. The van der Waals surface area contributed by atoms with E-state index in [1.54, 1.807) is 0 Å². The molecule has 1 saturated heterocycles. The van der Waals surface area contributed by atoms with E-state index >= 15 is 0 Å². The van der Waals surface area contributed by atoms with Crippen molar-refractivity contribution in [1.29, 1.82) is 0 Å². The molecule has 3 heteroatoms. The SMILES string of the molecule is Cc1cc(Br)ccc1NCC1CNC1. The fourth-order valence-corrected chi connectivity index (χ4v) is 2.05. The molecule has 1 aromatic carbocycles. The van der Waals surface area contributed by atoms with Gasteiger partial charge < -0.3 is 10.6 Å². The quantitative estimate of drug-likeness (QED) is 0.866. The third-order valence-corrected chi connectivity index (χ3v) is 3.13. The van der Waals surface area contributed by atoms with Crippen molar-refractivity contribution in [2.24, 2.45) is 5.92 Å². The van der Waals surface area contributed by atoms with Gasteiger partial charge in [-0.05, 0) is 30.7 Å². The van der Waals surface area contributed by atoms with E-state index in [1.807, 2.05) is 0 Å². The number of rotatable bonds is 3. The Balaban J connectivity index is 1.94. The van der Waals surface area contributed by atoms with Crippen molar-refractivity contribution in [2.75, 3.05) is 25.0 Å². The lowest BCUT2D eigenvalue weighted by Gasteiger charge is -2.27. The van der Waals surface area contributed by atoms with E-state index in [0.717, 1.165) is 30.0 Å². The zero-order valence-corrected chi connectivity index (χ0v) is 9.89. The molecule has 1 aromatic rings. The molecule has 76 valence electrons. The van der Waals surface area contributed by atoms with E-state index in [-0.39, 0.29) is 0 Å².